The Bertz CT molecular complexity index is 344. The molecular weight excluding hydrogens is 208 g/mol. The minimum Gasteiger partial charge on any atom is -0.371 e. The average molecular weight is 232 g/mol. The van der Waals surface area contributed by atoms with Crippen LogP contribution in [0.25, 0.3) is 0 Å². The molecular formula is C15H24N2. The van der Waals surface area contributed by atoms with Gasteiger partial charge in [-0.05, 0) is 37.9 Å². The van der Waals surface area contributed by atoms with Gasteiger partial charge in [-0.3, -0.25) is 0 Å². The van der Waals surface area contributed by atoms with E-state index in [1.165, 1.54) is 30.8 Å². The number of nitrogens with one attached hydrogen (secondary N) is 1. The van der Waals surface area contributed by atoms with Crippen molar-refractivity contribution >= 4 is 5.69 Å². The highest BCUT2D eigenvalue weighted by Crippen LogP contribution is 2.23. The Morgan fingerprint density at radius 3 is 2.59 bits per heavy atom. The van der Waals surface area contributed by atoms with E-state index in [1.807, 2.05) is 0 Å². The lowest BCUT2D eigenvalue weighted by molar-refractivity contribution is 0.327. The summed E-state index contributed by atoms with van der Waals surface area (Å²) >= 11 is 0. The Balaban J connectivity index is 1.99. The number of rotatable bonds is 3. The molecule has 1 saturated heterocycles. The summed E-state index contributed by atoms with van der Waals surface area (Å²) in [6.45, 7) is 10.1. The Morgan fingerprint density at radius 2 is 2.00 bits per heavy atom. The average Bonchev–Trinajstić information content (AvgIpc) is 2.33. The summed E-state index contributed by atoms with van der Waals surface area (Å²) in [5, 5.41) is 3.59. The summed E-state index contributed by atoms with van der Waals surface area (Å²) in [7, 11) is 0. The van der Waals surface area contributed by atoms with E-state index in [1.54, 1.807) is 0 Å². The maximum Gasteiger partial charge on any atom is 0.0366 e. The van der Waals surface area contributed by atoms with Crippen LogP contribution in [0.4, 0.5) is 5.69 Å². The molecule has 17 heavy (non-hydrogen) atoms. The number of piperidine rings is 1. The molecule has 1 heterocycles. The molecule has 0 saturated carbocycles. The predicted molar refractivity (Wildman–Crippen MR) is 74.6 cm³/mol. The number of benzene rings is 1. The van der Waals surface area contributed by atoms with Gasteiger partial charge < -0.3 is 10.2 Å². The van der Waals surface area contributed by atoms with Crippen molar-refractivity contribution in [3.05, 3.63) is 29.8 Å². The number of anilines is 1. The van der Waals surface area contributed by atoms with Gasteiger partial charge in [0.25, 0.3) is 0 Å². The lowest BCUT2D eigenvalue weighted by atomic mass is 9.93. The van der Waals surface area contributed by atoms with E-state index in [9.17, 15) is 0 Å². The number of nitrogens with zero attached hydrogens (tertiary/aromatic N) is 1. The van der Waals surface area contributed by atoms with E-state index >= 15 is 0 Å². The maximum atomic E-state index is 3.59. The van der Waals surface area contributed by atoms with Crippen molar-refractivity contribution in [2.75, 3.05) is 24.5 Å². The molecule has 2 unspecified atom stereocenters. The highest BCUT2D eigenvalue weighted by Gasteiger charge is 2.25. The van der Waals surface area contributed by atoms with Crippen LogP contribution in [0.1, 0.15) is 25.8 Å². The molecule has 1 N–H and O–H groups in total. The first-order valence-corrected chi connectivity index (χ1v) is 6.75. The number of aryl methyl sites for hydroxylation is 1. The molecule has 1 aliphatic rings. The molecule has 2 heteroatoms. The summed E-state index contributed by atoms with van der Waals surface area (Å²) < 4.78 is 0. The van der Waals surface area contributed by atoms with Crippen LogP contribution in [0.3, 0.4) is 0 Å². The highest BCUT2D eigenvalue weighted by atomic mass is 15.2. The van der Waals surface area contributed by atoms with Crippen molar-refractivity contribution in [2.45, 2.75) is 33.2 Å². The van der Waals surface area contributed by atoms with Gasteiger partial charge in [-0.25, -0.2) is 0 Å². The topological polar surface area (TPSA) is 15.3 Å². The van der Waals surface area contributed by atoms with Gasteiger partial charge in [0.15, 0.2) is 0 Å². The Kier molecular flexibility index (Phi) is 4.06. The largest absolute Gasteiger partial charge is 0.371 e. The summed E-state index contributed by atoms with van der Waals surface area (Å²) in [5.74, 6) is 0.727. The highest BCUT2D eigenvalue weighted by molar-refractivity contribution is 5.48. The molecule has 2 rings (SSSR count). The van der Waals surface area contributed by atoms with Gasteiger partial charge in [0, 0.05) is 24.8 Å². The third-order valence-electron chi connectivity index (χ3n) is 3.77. The van der Waals surface area contributed by atoms with Crippen molar-refractivity contribution in [1.29, 1.82) is 0 Å². The zero-order chi connectivity index (χ0) is 12.3. The first-order valence-electron chi connectivity index (χ1n) is 6.75. The zero-order valence-corrected chi connectivity index (χ0v) is 11.2. The van der Waals surface area contributed by atoms with E-state index in [0.717, 1.165) is 12.5 Å². The molecule has 0 amide bonds. The standard InChI is InChI=1S/C15H24N2/c1-4-16-15-9-10-17(11-13(15)3)14-7-5-12(2)6-8-14/h5-8,13,15-16H,4,9-11H2,1-3H3. The number of hydrogen-bond donors (Lipinski definition) is 1. The predicted octanol–water partition coefficient (Wildman–Crippen LogP) is 2.82. The summed E-state index contributed by atoms with van der Waals surface area (Å²) in [6.07, 6.45) is 1.25. The molecule has 0 radical (unpaired) electrons. The van der Waals surface area contributed by atoms with Crippen molar-refractivity contribution < 1.29 is 0 Å². The molecule has 1 aliphatic heterocycles. The lowest BCUT2D eigenvalue weighted by Gasteiger charge is -2.38. The van der Waals surface area contributed by atoms with E-state index in [2.05, 4.69) is 55.3 Å². The van der Waals surface area contributed by atoms with Gasteiger partial charge in [-0.15, -0.1) is 0 Å². The lowest BCUT2D eigenvalue weighted by Crippen LogP contribution is -2.48. The van der Waals surface area contributed by atoms with Crippen LogP contribution in [0.5, 0.6) is 0 Å². The molecule has 0 aromatic heterocycles. The fourth-order valence-corrected chi connectivity index (χ4v) is 2.70. The molecule has 2 nitrogen and oxygen atoms in total. The van der Waals surface area contributed by atoms with Crippen molar-refractivity contribution in [3.8, 4) is 0 Å². The fourth-order valence-electron chi connectivity index (χ4n) is 2.70. The van der Waals surface area contributed by atoms with Crippen molar-refractivity contribution in [1.82, 2.24) is 5.32 Å². The van der Waals surface area contributed by atoms with Crippen LogP contribution in [-0.2, 0) is 0 Å². The third-order valence-corrected chi connectivity index (χ3v) is 3.77. The van der Waals surface area contributed by atoms with Crippen LogP contribution >= 0.6 is 0 Å². The minimum absolute atomic E-state index is 0.696. The van der Waals surface area contributed by atoms with Crippen molar-refractivity contribution in [2.24, 2.45) is 5.92 Å². The Morgan fingerprint density at radius 1 is 1.29 bits per heavy atom. The van der Waals surface area contributed by atoms with Gasteiger partial charge in [0.2, 0.25) is 0 Å². The first-order chi connectivity index (χ1) is 8.20. The smallest absolute Gasteiger partial charge is 0.0366 e. The summed E-state index contributed by atoms with van der Waals surface area (Å²) in [5.41, 5.74) is 2.71. The normalized spacial score (nSPS) is 25.0. The summed E-state index contributed by atoms with van der Waals surface area (Å²) in [6, 6.07) is 9.60. The van der Waals surface area contributed by atoms with Gasteiger partial charge in [0.1, 0.15) is 0 Å². The van der Waals surface area contributed by atoms with E-state index in [4.69, 9.17) is 0 Å². The zero-order valence-electron chi connectivity index (χ0n) is 11.2. The second kappa shape index (κ2) is 5.54. The molecule has 1 aromatic rings. The van der Waals surface area contributed by atoms with Crippen LogP contribution in [0.2, 0.25) is 0 Å². The quantitative estimate of drug-likeness (QED) is 0.862. The molecule has 0 bridgehead atoms. The molecule has 1 aromatic carbocycles. The molecule has 1 fully saturated rings. The number of hydrogen-bond acceptors (Lipinski definition) is 2. The molecule has 0 spiro atoms. The SMILES string of the molecule is CCNC1CCN(c2ccc(C)cc2)CC1C. The van der Waals surface area contributed by atoms with E-state index in [-0.39, 0.29) is 0 Å². The molecule has 2 atom stereocenters. The van der Waals surface area contributed by atoms with E-state index in [0.29, 0.717) is 6.04 Å². The Labute approximate surface area is 105 Å². The fraction of sp³-hybridized carbons (Fsp3) is 0.600. The molecule has 94 valence electrons. The van der Waals surface area contributed by atoms with Crippen LogP contribution in [0.15, 0.2) is 24.3 Å². The van der Waals surface area contributed by atoms with Crippen molar-refractivity contribution in [3.63, 3.8) is 0 Å². The van der Waals surface area contributed by atoms with Crippen LogP contribution in [0, 0.1) is 12.8 Å². The van der Waals surface area contributed by atoms with Crippen LogP contribution in [-0.4, -0.2) is 25.7 Å². The van der Waals surface area contributed by atoms with Crippen LogP contribution < -0.4 is 10.2 Å². The van der Waals surface area contributed by atoms with Gasteiger partial charge >= 0.3 is 0 Å². The third kappa shape index (κ3) is 3.01. The Hall–Kier alpha value is -1.02. The minimum atomic E-state index is 0.696. The molecule has 0 aliphatic carbocycles. The summed E-state index contributed by atoms with van der Waals surface area (Å²) in [4.78, 5) is 2.51. The van der Waals surface area contributed by atoms with E-state index < -0.39 is 0 Å². The second-order valence-electron chi connectivity index (χ2n) is 5.21. The van der Waals surface area contributed by atoms with Gasteiger partial charge in [-0.1, -0.05) is 31.5 Å². The monoisotopic (exact) mass is 232 g/mol. The maximum absolute atomic E-state index is 3.59. The van der Waals surface area contributed by atoms with Gasteiger partial charge in [0.05, 0.1) is 0 Å². The second-order valence-corrected chi connectivity index (χ2v) is 5.21. The van der Waals surface area contributed by atoms with Gasteiger partial charge in [-0.2, -0.15) is 0 Å². The first kappa shape index (κ1) is 12.4.